The van der Waals surface area contributed by atoms with Gasteiger partial charge in [0, 0.05) is 0 Å². The maximum absolute atomic E-state index is 5.77. The summed E-state index contributed by atoms with van der Waals surface area (Å²) in [6.07, 6.45) is 1.68. The summed E-state index contributed by atoms with van der Waals surface area (Å²) >= 11 is 0. The van der Waals surface area contributed by atoms with Gasteiger partial charge in [-0.1, -0.05) is 42.5 Å². The Morgan fingerprint density at radius 1 is 0.842 bits per heavy atom. The minimum atomic E-state index is -2.28. The second-order valence-corrected chi connectivity index (χ2v) is 5.15. The molecular weight excluding hydrogens is 256 g/mol. The van der Waals surface area contributed by atoms with E-state index in [1.54, 1.807) is 6.08 Å². The molecule has 0 unspecified atom stereocenters. The van der Waals surface area contributed by atoms with E-state index in [0.717, 1.165) is 11.5 Å². The number of rotatable bonds is 7. The molecule has 0 bridgehead atoms. The van der Waals surface area contributed by atoms with Crippen molar-refractivity contribution in [3.05, 3.63) is 73.3 Å². The van der Waals surface area contributed by atoms with Crippen LogP contribution in [0.15, 0.2) is 73.3 Å². The highest BCUT2D eigenvalue weighted by Gasteiger charge is 2.19. The molecule has 4 heteroatoms. The topological polar surface area (TPSA) is 27.7 Å². The largest absolute Gasteiger partial charge is 0.616 e. The molecule has 0 N–H and O–H groups in total. The Balaban J connectivity index is 2.01. The van der Waals surface area contributed by atoms with E-state index >= 15 is 0 Å². The van der Waals surface area contributed by atoms with Crippen LogP contribution < -0.4 is 8.85 Å². The van der Waals surface area contributed by atoms with Gasteiger partial charge in [0.25, 0.3) is 0 Å². The Morgan fingerprint density at radius 3 is 1.74 bits per heavy atom. The highest BCUT2D eigenvalue weighted by atomic mass is 28.3. The van der Waals surface area contributed by atoms with E-state index in [1.807, 2.05) is 60.7 Å². The Bertz CT molecular complexity index is 446. The smallest absolute Gasteiger partial charge is 0.494 e. The van der Waals surface area contributed by atoms with Crippen LogP contribution in [-0.2, 0) is 4.43 Å². The third-order valence-electron chi connectivity index (χ3n) is 2.30. The summed E-state index contributed by atoms with van der Waals surface area (Å²) in [6, 6.07) is 19.0. The van der Waals surface area contributed by atoms with Crippen molar-refractivity contribution in [2.75, 3.05) is 6.61 Å². The van der Waals surface area contributed by atoms with Gasteiger partial charge in [-0.3, -0.25) is 0 Å². The van der Waals surface area contributed by atoms with Gasteiger partial charge >= 0.3 is 9.53 Å². The predicted octanol–water partition coefficient (Wildman–Crippen LogP) is 3.06. The quantitative estimate of drug-likeness (QED) is 0.572. The summed E-state index contributed by atoms with van der Waals surface area (Å²) in [5, 5.41) is 0. The van der Waals surface area contributed by atoms with E-state index in [4.69, 9.17) is 13.3 Å². The Kier molecular flexibility index (Phi) is 5.22. The molecule has 0 fully saturated rings. The summed E-state index contributed by atoms with van der Waals surface area (Å²) < 4.78 is 17.1. The Labute approximate surface area is 115 Å². The first-order valence-corrected chi connectivity index (χ1v) is 7.46. The fourth-order valence-electron chi connectivity index (χ4n) is 1.46. The van der Waals surface area contributed by atoms with Gasteiger partial charge in [0.1, 0.15) is 11.5 Å². The monoisotopic (exact) mass is 272 g/mol. The van der Waals surface area contributed by atoms with Crippen molar-refractivity contribution >= 4 is 9.53 Å². The zero-order chi connectivity index (χ0) is 13.3. The molecular formula is C15H16O3Si. The summed E-state index contributed by atoms with van der Waals surface area (Å²) in [6.45, 7) is 4.05. The van der Waals surface area contributed by atoms with Crippen molar-refractivity contribution in [2.45, 2.75) is 0 Å². The zero-order valence-electron chi connectivity index (χ0n) is 10.6. The van der Waals surface area contributed by atoms with Crippen LogP contribution in [0.5, 0.6) is 11.5 Å². The second kappa shape index (κ2) is 7.40. The summed E-state index contributed by atoms with van der Waals surface area (Å²) in [7, 11) is -2.28. The van der Waals surface area contributed by atoms with Gasteiger partial charge in [0.05, 0.1) is 6.61 Å². The Hall–Kier alpha value is -2.04. The van der Waals surface area contributed by atoms with Crippen LogP contribution in [0.2, 0.25) is 0 Å². The fourth-order valence-corrected chi connectivity index (χ4v) is 2.70. The maximum Gasteiger partial charge on any atom is 0.616 e. The first kappa shape index (κ1) is 13.4. The fraction of sp³-hybridized carbons (Fsp3) is 0.0667. The van der Waals surface area contributed by atoms with Gasteiger partial charge in [0.2, 0.25) is 0 Å². The minimum absolute atomic E-state index is 0.413. The van der Waals surface area contributed by atoms with Crippen LogP contribution in [0.4, 0.5) is 0 Å². The normalized spacial score (nSPS) is 10.2. The molecule has 0 aliphatic rings. The highest BCUT2D eigenvalue weighted by molar-refractivity contribution is 6.38. The lowest BCUT2D eigenvalue weighted by Crippen LogP contribution is -2.33. The lowest BCUT2D eigenvalue weighted by atomic mass is 10.3. The predicted molar refractivity (Wildman–Crippen MR) is 77.4 cm³/mol. The van der Waals surface area contributed by atoms with Crippen LogP contribution >= 0.6 is 0 Å². The number of para-hydroxylation sites is 2. The molecule has 0 heterocycles. The van der Waals surface area contributed by atoms with Crippen LogP contribution in [0, 0.1) is 0 Å². The van der Waals surface area contributed by atoms with Crippen LogP contribution in [0.3, 0.4) is 0 Å². The molecule has 0 radical (unpaired) electrons. The van der Waals surface area contributed by atoms with Crippen molar-refractivity contribution in [3.63, 3.8) is 0 Å². The zero-order valence-corrected chi connectivity index (χ0v) is 11.7. The molecule has 98 valence electrons. The maximum atomic E-state index is 5.77. The molecule has 0 spiro atoms. The standard InChI is InChI=1S/C15H16O3Si/c1-2-13-16-19(17-14-9-5-3-6-10-14)18-15-11-7-4-8-12-15/h2-12,19H,1,13H2. The second-order valence-electron chi connectivity index (χ2n) is 3.77. The van der Waals surface area contributed by atoms with Crippen molar-refractivity contribution in [3.8, 4) is 11.5 Å². The number of hydrogen-bond donors (Lipinski definition) is 0. The molecule has 0 atom stereocenters. The van der Waals surface area contributed by atoms with E-state index in [0.29, 0.717) is 6.61 Å². The van der Waals surface area contributed by atoms with Crippen molar-refractivity contribution < 1.29 is 13.3 Å². The van der Waals surface area contributed by atoms with E-state index in [-0.39, 0.29) is 0 Å². The van der Waals surface area contributed by atoms with Crippen molar-refractivity contribution in [1.29, 1.82) is 0 Å². The molecule has 0 aliphatic heterocycles. The SMILES string of the molecule is C=CCO[SiH](Oc1ccccc1)Oc1ccccc1. The Morgan fingerprint density at radius 2 is 1.32 bits per heavy atom. The first-order valence-electron chi connectivity index (χ1n) is 6.04. The molecule has 19 heavy (non-hydrogen) atoms. The van der Waals surface area contributed by atoms with Gasteiger partial charge in [-0.25, -0.2) is 0 Å². The summed E-state index contributed by atoms with van der Waals surface area (Å²) in [5.74, 6) is 1.50. The van der Waals surface area contributed by atoms with Crippen molar-refractivity contribution in [2.24, 2.45) is 0 Å². The van der Waals surface area contributed by atoms with E-state index in [2.05, 4.69) is 6.58 Å². The number of benzene rings is 2. The molecule has 0 amide bonds. The van der Waals surface area contributed by atoms with Crippen molar-refractivity contribution in [1.82, 2.24) is 0 Å². The molecule has 0 saturated carbocycles. The van der Waals surface area contributed by atoms with Gasteiger partial charge in [-0.05, 0) is 24.3 Å². The molecule has 0 aliphatic carbocycles. The van der Waals surface area contributed by atoms with Gasteiger partial charge in [-0.15, -0.1) is 6.58 Å². The lowest BCUT2D eigenvalue weighted by Gasteiger charge is -2.17. The van der Waals surface area contributed by atoms with Crippen LogP contribution in [-0.4, -0.2) is 16.1 Å². The average molecular weight is 272 g/mol. The average Bonchev–Trinajstić information content (AvgIpc) is 2.47. The van der Waals surface area contributed by atoms with Gasteiger partial charge in [-0.2, -0.15) is 0 Å². The third-order valence-corrected chi connectivity index (χ3v) is 3.70. The lowest BCUT2D eigenvalue weighted by molar-refractivity contribution is 0.223. The van der Waals surface area contributed by atoms with Crippen LogP contribution in [0.1, 0.15) is 0 Å². The molecule has 3 nitrogen and oxygen atoms in total. The molecule has 2 rings (SSSR count). The highest BCUT2D eigenvalue weighted by Crippen LogP contribution is 2.14. The molecule has 2 aromatic rings. The molecule has 0 saturated heterocycles. The summed E-state index contributed by atoms with van der Waals surface area (Å²) in [4.78, 5) is 0. The number of hydrogen-bond acceptors (Lipinski definition) is 3. The minimum Gasteiger partial charge on any atom is -0.494 e. The van der Waals surface area contributed by atoms with Crippen LogP contribution in [0.25, 0.3) is 0 Å². The van der Waals surface area contributed by atoms with Gasteiger partial charge in [0.15, 0.2) is 0 Å². The molecule has 2 aromatic carbocycles. The van der Waals surface area contributed by atoms with E-state index in [1.165, 1.54) is 0 Å². The van der Waals surface area contributed by atoms with E-state index < -0.39 is 9.53 Å². The van der Waals surface area contributed by atoms with Gasteiger partial charge < -0.3 is 13.3 Å². The first-order chi connectivity index (χ1) is 9.38. The van der Waals surface area contributed by atoms with E-state index in [9.17, 15) is 0 Å². The molecule has 0 aromatic heterocycles. The third kappa shape index (κ3) is 4.61. The summed E-state index contributed by atoms with van der Waals surface area (Å²) in [5.41, 5.74) is 0.